The number of amides is 1. The van der Waals surface area contributed by atoms with Crippen LogP contribution in [0, 0.1) is 6.92 Å². The van der Waals surface area contributed by atoms with Gasteiger partial charge in [0.2, 0.25) is 0 Å². The number of hydrogen-bond acceptors (Lipinski definition) is 4. The van der Waals surface area contributed by atoms with Crippen molar-refractivity contribution in [3.63, 3.8) is 0 Å². The summed E-state index contributed by atoms with van der Waals surface area (Å²) in [7, 11) is 1.82. The fourth-order valence-corrected chi connectivity index (χ4v) is 1.92. The van der Waals surface area contributed by atoms with Crippen molar-refractivity contribution in [2.75, 3.05) is 13.6 Å². The molecule has 0 aliphatic heterocycles. The van der Waals surface area contributed by atoms with Crippen LogP contribution < -0.4 is 16.2 Å². The van der Waals surface area contributed by atoms with Gasteiger partial charge in [0.25, 0.3) is 11.5 Å². The number of hydrogen-bond donors (Lipinski definition) is 3. The molecule has 0 bridgehead atoms. The second-order valence-electron chi connectivity index (χ2n) is 4.51. The number of rotatable bonds is 4. The first kappa shape index (κ1) is 13.3. The molecular weight excluding hydrogens is 246 g/mol. The Bertz CT molecular complexity index is 658. The summed E-state index contributed by atoms with van der Waals surface area (Å²) in [4.78, 5) is 28.0. The van der Waals surface area contributed by atoms with E-state index in [9.17, 15) is 9.59 Å². The number of aromatic amines is 1. The lowest BCUT2D eigenvalue weighted by molar-refractivity contribution is 0.0941. The van der Waals surface area contributed by atoms with E-state index in [1.807, 2.05) is 14.0 Å². The second kappa shape index (κ2) is 5.23. The minimum absolute atomic E-state index is 0.0102. The van der Waals surface area contributed by atoms with Crippen LogP contribution in [0.5, 0.6) is 0 Å². The van der Waals surface area contributed by atoms with Crippen molar-refractivity contribution in [1.82, 2.24) is 25.2 Å². The van der Waals surface area contributed by atoms with Gasteiger partial charge >= 0.3 is 0 Å². The van der Waals surface area contributed by atoms with E-state index in [4.69, 9.17) is 0 Å². The maximum atomic E-state index is 12.1. The van der Waals surface area contributed by atoms with Crippen LogP contribution in [0.15, 0.2) is 17.1 Å². The molecule has 102 valence electrons. The number of aryl methyl sites for hydroxylation is 1. The largest absolute Gasteiger partial charge is 0.348 e. The monoisotopic (exact) mass is 263 g/mol. The Labute approximate surface area is 110 Å². The summed E-state index contributed by atoms with van der Waals surface area (Å²) in [5.41, 5.74) is 1.06. The highest BCUT2D eigenvalue weighted by atomic mass is 16.2. The molecule has 2 rings (SSSR count). The topological polar surface area (TPSA) is 91.3 Å². The lowest BCUT2D eigenvalue weighted by Gasteiger charge is -2.12. The van der Waals surface area contributed by atoms with Gasteiger partial charge in [-0.25, -0.2) is 9.50 Å². The van der Waals surface area contributed by atoms with E-state index in [0.717, 1.165) is 0 Å². The Kier molecular flexibility index (Phi) is 3.66. The van der Waals surface area contributed by atoms with Gasteiger partial charge in [-0.05, 0) is 20.9 Å². The highest BCUT2D eigenvalue weighted by Crippen LogP contribution is 2.06. The molecule has 7 heteroatoms. The molecule has 0 aliphatic rings. The molecule has 7 nitrogen and oxygen atoms in total. The molecule has 1 unspecified atom stereocenters. The van der Waals surface area contributed by atoms with Crippen LogP contribution >= 0.6 is 0 Å². The Morgan fingerprint density at radius 1 is 1.58 bits per heavy atom. The third-order valence-corrected chi connectivity index (χ3v) is 2.76. The smallest absolute Gasteiger partial charge is 0.272 e. The minimum atomic E-state index is -0.251. The highest BCUT2D eigenvalue weighted by Gasteiger charge is 2.16. The van der Waals surface area contributed by atoms with Gasteiger partial charge < -0.3 is 10.6 Å². The van der Waals surface area contributed by atoms with E-state index < -0.39 is 0 Å². The first-order chi connectivity index (χ1) is 9.02. The molecule has 0 aromatic carbocycles. The Balaban J connectivity index is 2.35. The fourth-order valence-electron chi connectivity index (χ4n) is 1.92. The van der Waals surface area contributed by atoms with Crippen molar-refractivity contribution < 1.29 is 4.79 Å². The van der Waals surface area contributed by atoms with Crippen molar-refractivity contribution in [2.45, 2.75) is 19.9 Å². The van der Waals surface area contributed by atoms with Crippen LogP contribution in [-0.2, 0) is 0 Å². The van der Waals surface area contributed by atoms with Gasteiger partial charge in [0.15, 0.2) is 5.65 Å². The molecule has 1 amide bonds. The summed E-state index contributed by atoms with van der Waals surface area (Å²) in [5, 5.41) is 8.55. The average molecular weight is 263 g/mol. The van der Waals surface area contributed by atoms with E-state index in [1.54, 1.807) is 6.92 Å². The first-order valence-electron chi connectivity index (χ1n) is 6.06. The van der Waals surface area contributed by atoms with Crippen molar-refractivity contribution in [3.8, 4) is 0 Å². The fraction of sp³-hybridized carbons (Fsp3) is 0.417. The molecule has 0 saturated carbocycles. The maximum absolute atomic E-state index is 12.1. The summed E-state index contributed by atoms with van der Waals surface area (Å²) < 4.78 is 1.25. The third-order valence-electron chi connectivity index (χ3n) is 2.76. The molecule has 0 aliphatic carbocycles. The van der Waals surface area contributed by atoms with E-state index >= 15 is 0 Å². The summed E-state index contributed by atoms with van der Waals surface area (Å²) in [6.07, 6.45) is 1.49. The number of carbonyl (C=O) groups excluding carboxylic acids is 1. The third kappa shape index (κ3) is 2.65. The quantitative estimate of drug-likeness (QED) is 0.704. The van der Waals surface area contributed by atoms with Gasteiger partial charge in [-0.1, -0.05) is 0 Å². The normalized spacial score (nSPS) is 12.6. The van der Waals surface area contributed by atoms with Crippen LogP contribution in [0.2, 0.25) is 0 Å². The van der Waals surface area contributed by atoms with Gasteiger partial charge in [-0.15, -0.1) is 0 Å². The van der Waals surface area contributed by atoms with E-state index in [2.05, 4.69) is 20.7 Å². The van der Waals surface area contributed by atoms with E-state index in [0.29, 0.717) is 23.4 Å². The van der Waals surface area contributed by atoms with Crippen molar-refractivity contribution >= 4 is 11.6 Å². The summed E-state index contributed by atoms with van der Waals surface area (Å²) in [6.45, 7) is 4.29. The molecule has 0 saturated heterocycles. The molecule has 2 aromatic rings. The van der Waals surface area contributed by atoms with Gasteiger partial charge in [0, 0.05) is 30.5 Å². The van der Waals surface area contributed by atoms with Crippen molar-refractivity contribution in [1.29, 1.82) is 0 Å². The molecule has 2 heterocycles. The van der Waals surface area contributed by atoms with Crippen LogP contribution in [0.3, 0.4) is 0 Å². The van der Waals surface area contributed by atoms with Crippen LogP contribution in [0.4, 0.5) is 0 Å². The highest BCUT2D eigenvalue weighted by molar-refractivity contribution is 5.99. The summed E-state index contributed by atoms with van der Waals surface area (Å²) in [6, 6.07) is 1.40. The first-order valence-corrected chi connectivity index (χ1v) is 6.06. The zero-order valence-corrected chi connectivity index (χ0v) is 11.2. The number of nitrogens with one attached hydrogen (secondary N) is 3. The maximum Gasteiger partial charge on any atom is 0.272 e. The molecule has 0 spiro atoms. The Hall–Kier alpha value is -2.15. The number of nitrogens with zero attached hydrogens (tertiary/aromatic N) is 2. The van der Waals surface area contributed by atoms with Crippen molar-refractivity contribution in [3.05, 3.63) is 33.9 Å². The molecule has 1 atom stereocenters. The van der Waals surface area contributed by atoms with E-state index in [1.165, 1.54) is 16.8 Å². The van der Waals surface area contributed by atoms with Crippen molar-refractivity contribution in [2.24, 2.45) is 0 Å². The molecule has 0 fully saturated rings. The zero-order valence-electron chi connectivity index (χ0n) is 11.2. The number of aromatic nitrogens is 3. The molecule has 0 radical (unpaired) electrons. The summed E-state index contributed by atoms with van der Waals surface area (Å²) in [5.74, 6) is -0.251. The van der Waals surface area contributed by atoms with Crippen LogP contribution in [-0.4, -0.2) is 40.1 Å². The van der Waals surface area contributed by atoms with Crippen LogP contribution in [0.1, 0.15) is 23.0 Å². The predicted octanol–water partition coefficient (Wildman–Crippen LogP) is -0.331. The van der Waals surface area contributed by atoms with Gasteiger partial charge in [0.1, 0.15) is 5.56 Å². The molecule has 2 aromatic heterocycles. The molecule has 19 heavy (non-hydrogen) atoms. The minimum Gasteiger partial charge on any atom is -0.348 e. The van der Waals surface area contributed by atoms with Gasteiger partial charge in [-0.2, -0.15) is 0 Å². The lowest BCUT2D eigenvalue weighted by Crippen LogP contribution is -2.39. The molecular formula is C12H17N5O2. The van der Waals surface area contributed by atoms with Gasteiger partial charge in [-0.3, -0.25) is 14.7 Å². The Morgan fingerprint density at radius 2 is 2.32 bits per heavy atom. The predicted molar refractivity (Wildman–Crippen MR) is 71.4 cm³/mol. The SMILES string of the molecule is CNCC(C)NC(=O)c1c[nH]n2c(=O)cc(C)nc12. The van der Waals surface area contributed by atoms with Crippen LogP contribution in [0.25, 0.3) is 5.65 Å². The van der Waals surface area contributed by atoms with Gasteiger partial charge in [0.05, 0.1) is 0 Å². The standard InChI is InChI=1S/C12H17N5O2/c1-7-4-10(18)17-11(15-7)9(6-14-17)12(19)16-8(2)5-13-3/h4,6,8,13-14H,5H2,1-3H3,(H,16,19). The number of carbonyl (C=O) groups is 1. The summed E-state index contributed by atoms with van der Waals surface area (Å²) >= 11 is 0. The number of likely N-dealkylation sites (N-methyl/N-ethyl adjacent to an activating group) is 1. The molecule has 3 N–H and O–H groups in total. The van der Waals surface area contributed by atoms with E-state index in [-0.39, 0.29) is 17.5 Å². The average Bonchev–Trinajstić information content (AvgIpc) is 2.72. The second-order valence-corrected chi connectivity index (χ2v) is 4.51. The lowest BCUT2D eigenvalue weighted by atomic mass is 10.2. The Morgan fingerprint density at radius 3 is 3.00 bits per heavy atom. The number of fused-ring (bicyclic) bond motifs is 1. The zero-order chi connectivity index (χ0) is 14.0. The number of H-pyrrole nitrogens is 1.